The average molecular weight is 356 g/mol. The molecule has 1 N–H and O–H groups in total. The second-order valence-electron chi connectivity index (χ2n) is 6.17. The molecule has 0 bridgehead atoms. The van der Waals surface area contributed by atoms with Crippen LogP contribution in [0.4, 0.5) is 11.6 Å². The van der Waals surface area contributed by atoms with E-state index in [0.29, 0.717) is 28.8 Å². The van der Waals surface area contributed by atoms with Crippen LogP contribution in [0.25, 0.3) is 0 Å². The summed E-state index contributed by atoms with van der Waals surface area (Å²) >= 11 is 0. The van der Waals surface area contributed by atoms with Gasteiger partial charge in [-0.15, -0.1) is 0 Å². The molecule has 2 aromatic rings. The third-order valence-electron chi connectivity index (χ3n) is 4.41. The normalized spacial score (nSPS) is 14.5. The lowest BCUT2D eigenvalue weighted by atomic mass is 10.2. The van der Waals surface area contributed by atoms with Gasteiger partial charge in [-0.1, -0.05) is 12.8 Å². The zero-order valence-electron chi connectivity index (χ0n) is 15.2. The van der Waals surface area contributed by atoms with Crippen molar-refractivity contribution in [2.24, 2.45) is 0 Å². The third kappa shape index (κ3) is 4.22. The number of ether oxygens (including phenoxy) is 2. The Morgan fingerprint density at radius 3 is 2.46 bits per heavy atom. The summed E-state index contributed by atoms with van der Waals surface area (Å²) in [6.07, 6.45) is 6.36. The van der Waals surface area contributed by atoms with Gasteiger partial charge in [0.25, 0.3) is 5.91 Å². The van der Waals surface area contributed by atoms with Gasteiger partial charge in [-0.25, -0.2) is 9.97 Å². The van der Waals surface area contributed by atoms with Crippen LogP contribution >= 0.6 is 0 Å². The first-order chi connectivity index (χ1) is 12.7. The van der Waals surface area contributed by atoms with Gasteiger partial charge in [0.2, 0.25) is 5.95 Å². The number of benzene rings is 1. The topological polar surface area (TPSA) is 76.6 Å². The monoisotopic (exact) mass is 356 g/mol. The number of hydrogen-bond donors (Lipinski definition) is 1. The third-order valence-corrected chi connectivity index (χ3v) is 4.41. The van der Waals surface area contributed by atoms with Crippen molar-refractivity contribution in [3.8, 4) is 11.5 Å². The highest BCUT2D eigenvalue weighted by Crippen LogP contribution is 2.29. The predicted molar refractivity (Wildman–Crippen MR) is 100 cm³/mol. The fraction of sp³-hybridized carbons (Fsp3) is 0.421. The van der Waals surface area contributed by atoms with Crippen LogP contribution in [0, 0.1) is 0 Å². The molecule has 0 saturated carbocycles. The maximum atomic E-state index is 12.6. The molecule has 0 radical (unpaired) electrons. The number of aromatic nitrogens is 2. The van der Waals surface area contributed by atoms with Crippen LogP contribution in [0.1, 0.15) is 36.2 Å². The molecular weight excluding hydrogens is 332 g/mol. The molecule has 26 heavy (non-hydrogen) atoms. The average Bonchev–Trinajstić information content (AvgIpc) is 2.97. The minimum absolute atomic E-state index is 0.282. The maximum Gasteiger partial charge on any atom is 0.274 e. The Hall–Kier alpha value is -2.83. The molecule has 7 heteroatoms. The zero-order valence-corrected chi connectivity index (χ0v) is 15.2. The van der Waals surface area contributed by atoms with E-state index in [2.05, 4.69) is 20.2 Å². The summed E-state index contributed by atoms with van der Waals surface area (Å²) in [7, 11) is 3.13. The Morgan fingerprint density at radius 2 is 1.77 bits per heavy atom. The predicted octanol–water partition coefficient (Wildman–Crippen LogP) is 3.13. The van der Waals surface area contributed by atoms with Gasteiger partial charge in [-0.2, -0.15) is 0 Å². The van der Waals surface area contributed by atoms with Crippen molar-refractivity contribution >= 4 is 17.5 Å². The van der Waals surface area contributed by atoms with Crippen LogP contribution < -0.4 is 19.7 Å². The SMILES string of the molecule is COc1ccc(NC(=O)c2ccnc(N3CCCCCC3)n2)cc1OC. The molecular formula is C19H24N4O3. The van der Waals surface area contributed by atoms with Crippen LogP contribution in [0.2, 0.25) is 0 Å². The van der Waals surface area contributed by atoms with E-state index in [4.69, 9.17) is 9.47 Å². The van der Waals surface area contributed by atoms with Gasteiger partial charge in [0, 0.05) is 31.0 Å². The van der Waals surface area contributed by atoms with Gasteiger partial charge in [-0.05, 0) is 31.0 Å². The number of methoxy groups -OCH3 is 2. The molecule has 0 unspecified atom stereocenters. The van der Waals surface area contributed by atoms with Crippen molar-refractivity contribution in [2.45, 2.75) is 25.7 Å². The van der Waals surface area contributed by atoms with Gasteiger partial charge < -0.3 is 19.7 Å². The molecule has 3 rings (SSSR count). The summed E-state index contributed by atoms with van der Waals surface area (Å²) < 4.78 is 10.5. The highest BCUT2D eigenvalue weighted by atomic mass is 16.5. The van der Waals surface area contributed by atoms with Crippen LogP contribution in [0.15, 0.2) is 30.5 Å². The van der Waals surface area contributed by atoms with Gasteiger partial charge in [0.15, 0.2) is 11.5 Å². The lowest BCUT2D eigenvalue weighted by Gasteiger charge is -2.20. The molecule has 1 aromatic heterocycles. The smallest absolute Gasteiger partial charge is 0.274 e. The quantitative estimate of drug-likeness (QED) is 0.887. The molecule has 1 saturated heterocycles. The summed E-state index contributed by atoms with van der Waals surface area (Å²) in [5.74, 6) is 1.50. The van der Waals surface area contributed by atoms with Crippen LogP contribution in [-0.2, 0) is 0 Å². The van der Waals surface area contributed by atoms with E-state index >= 15 is 0 Å². The number of hydrogen-bond acceptors (Lipinski definition) is 6. The maximum absolute atomic E-state index is 12.6. The number of anilines is 2. The van der Waals surface area contributed by atoms with Gasteiger partial charge in [-0.3, -0.25) is 4.79 Å². The lowest BCUT2D eigenvalue weighted by Crippen LogP contribution is -2.27. The summed E-state index contributed by atoms with van der Waals surface area (Å²) in [6, 6.07) is 6.85. The van der Waals surface area contributed by atoms with E-state index in [1.807, 2.05) is 0 Å². The van der Waals surface area contributed by atoms with Crippen LogP contribution in [0.5, 0.6) is 11.5 Å². The number of amides is 1. The van der Waals surface area contributed by atoms with E-state index in [1.165, 1.54) is 12.8 Å². The first-order valence-corrected chi connectivity index (χ1v) is 8.82. The van der Waals surface area contributed by atoms with Crippen molar-refractivity contribution in [3.63, 3.8) is 0 Å². The molecule has 7 nitrogen and oxygen atoms in total. The molecule has 138 valence electrons. The zero-order chi connectivity index (χ0) is 18.4. The summed E-state index contributed by atoms with van der Waals surface area (Å²) in [5, 5.41) is 2.84. The van der Waals surface area contributed by atoms with E-state index < -0.39 is 0 Å². The molecule has 0 aliphatic carbocycles. The Labute approximate surface area is 153 Å². The van der Waals surface area contributed by atoms with E-state index in [1.54, 1.807) is 44.7 Å². The highest BCUT2D eigenvalue weighted by molar-refractivity contribution is 6.03. The van der Waals surface area contributed by atoms with Crippen molar-refractivity contribution in [1.29, 1.82) is 0 Å². The standard InChI is InChI=1S/C19H24N4O3/c1-25-16-8-7-14(13-17(16)26-2)21-18(24)15-9-10-20-19(22-15)23-11-5-3-4-6-12-23/h7-10,13H,3-6,11-12H2,1-2H3,(H,21,24). The first-order valence-electron chi connectivity index (χ1n) is 8.82. The van der Waals surface area contributed by atoms with Crippen molar-refractivity contribution in [3.05, 3.63) is 36.2 Å². The number of nitrogens with one attached hydrogen (secondary N) is 1. The van der Waals surface area contributed by atoms with E-state index in [-0.39, 0.29) is 5.91 Å². The second kappa shape index (κ2) is 8.51. The Bertz CT molecular complexity index is 758. The Balaban J connectivity index is 1.74. The Kier molecular flexibility index (Phi) is 5.88. The van der Waals surface area contributed by atoms with Crippen LogP contribution in [-0.4, -0.2) is 43.2 Å². The summed E-state index contributed by atoms with van der Waals surface area (Å²) in [6.45, 7) is 1.86. The van der Waals surface area contributed by atoms with Gasteiger partial charge >= 0.3 is 0 Å². The lowest BCUT2D eigenvalue weighted by molar-refractivity contribution is 0.102. The molecule has 1 aliphatic rings. The van der Waals surface area contributed by atoms with Gasteiger partial charge in [0.05, 0.1) is 14.2 Å². The van der Waals surface area contributed by atoms with E-state index in [9.17, 15) is 4.79 Å². The Morgan fingerprint density at radius 1 is 1.04 bits per heavy atom. The molecule has 2 heterocycles. The molecule has 1 fully saturated rings. The number of carbonyl (C=O) groups excluding carboxylic acids is 1. The van der Waals surface area contributed by atoms with E-state index in [0.717, 1.165) is 25.9 Å². The summed E-state index contributed by atoms with van der Waals surface area (Å²) in [4.78, 5) is 23.5. The fourth-order valence-corrected chi connectivity index (χ4v) is 3.01. The summed E-state index contributed by atoms with van der Waals surface area (Å²) in [5.41, 5.74) is 0.955. The van der Waals surface area contributed by atoms with Crippen molar-refractivity contribution in [1.82, 2.24) is 9.97 Å². The number of carbonyl (C=O) groups is 1. The largest absolute Gasteiger partial charge is 0.493 e. The first kappa shape index (κ1) is 18.0. The number of nitrogens with zero attached hydrogens (tertiary/aromatic N) is 3. The van der Waals surface area contributed by atoms with Crippen molar-refractivity contribution < 1.29 is 14.3 Å². The fourth-order valence-electron chi connectivity index (χ4n) is 3.01. The minimum Gasteiger partial charge on any atom is -0.493 e. The molecule has 0 spiro atoms. The molecule has 1 aromatic carbocycles. The van der Waals surface area contributed by atoms with Crippen LogP contribution in [0.3, 0.4) is 0 Å². The molecule has 0 atom stereocenters. The minimum atomic E-state index is -0.282. The molecule has 1 aliphatic heterocycles. The van der Waals surface area contributed by atoms with Gasteiger partial charge in [0.1, 0.15) is 5.69 Å². The number of rotatable bonds is 5. The highest BCUT2D eigenvalue weighted by Gasteiger charge is 2.16. The van der Waals surface area contributed by atoms with Crippen molar-refractivity contribution in [2.75, 3.05) is 37.5 Å². The second-order valence-corrected chi connectivity index (χ2v) is 6.17. The molecule has 1 amide bonds.